The lowest BCUT2D eigenvalue weighted by Crippen LogP contribution is -2.45. The van der Waals surface area contributed by atoms with E-state index in [1.807, 2.05) is 54.4 Å². The number of benzene rings is 1. The number of aromatic nitrogens is 2. The first-order valence-corrected chi connectivity index (χ1v) is 10.9. The average molecular weight is 429 g/mol. The second-order valence-electron chi connectivity index (χ2n) is 8.41. The SMILES string of the molecule is CC1NNCC1C(=O)N1CCCC(c2nc(N(C)C)ncc2-c2ccc(Cl)cc2)C1. The molecule has 2 aliphatic rings. The van der Waals surface area contributed by atoms with Gasteiger partial charge in [0.15, 0.2) is 0 Å². The number of hydrazine groups is 1. The molecule has 2 saturated heterocycles. The van der Waals surface area contributed by atoms with Crippen LogP contribution in [0.25, 0.3) is 11.1 Å². The van der Waals surface area contributed by atoms with Crippen LogP contribution in [-0.2, 0) is 4.79 Å². The Morgan fingerprint density at radius 1 is 1.27 bits per heavy atom. The molecule has 2 aromatic rings. The third kappa shape index (κ3) is 4.29. The number of nitrogens with zero attached hydrogens (tertiary/aromatic N) is 4. The van der Waals surface area contributed by atoms with Gasteiger partial charge in [-0.3, -0.25) is 15.6 Å². The van der Waals surface area contributed by atoms with Gasteiger partial charge in [0.05, 0.1) is 11.6 Å². The van der Waals surface area contributed by atoms with E-state index in [0.29, 0.717) is 24.1 Å². The number of carbonyl (C=O) groups excluding carboxylic acids is 1. The van der Waals surface area contributed by atoms with Crippen LogP contribution in [0.1, 0.15) is 31.4 Å². The van der Waals surface area contributed by atoms with Crippen molar-refractivity contribution in [2.45, 2.75) is 31.7 Å². The molecule has 3 unspecified atom stereocenters. The molecule has 4 rings (SSSR count). The van der Waals surface area contributed by atoms with Crippen LogP contribution in [0.5, 0.6) is 0 Å². The van der Waals surface area contributed by atoms with Crippen molar-refractivity contribution < 1.29 is 4.79 Å². The Kier molecular flexibility index (Phi) is 6.22. The van der Waals surface area contributed by atoms with Crippen molar-refractivity contribution in [3.8, 4) is 11.1 Å². The number of likely N-dealkylation sites (tertiary alicyclic amines) is 1. The van der Waals surface area contributed by atoms with Crippen molar-refractivity contribution in [2.24, 2.45) is 5.92 Å². The summed E-state index contributed by atoms with van der Waals surface area (Å²) in [6.45, 7) is 4.22. The highest BCUT2D eigenvalue weighted by Gasteiger charge is 2.36. The molecule has 1 amide bonds. The number of carbonyl (C=O) groups is 1. The van der Waals surface area contributed by atoms with Crippen molar-refractivity contribution >= 4 is 23.5 Å². The molecule has 0 aliphatic carbocycles. The zero-order chi connectivity index (χ0) is 21.3. The summed E-state index contributed by atoms with van der Waals surface area (Å²) in [4.78, 5) is 26.5. The van der Waals surface area contributed by atoms with Crippen LogP contribution in [-0.4, -0.2) is 60.5 Å². The molecule has 1 aromatic heterocycles. The normalized spacial score (nSPS) is 24.1. The lowest BCUT2D eigenvalue weighted by molar-refractivity contribution is -0.136. The number of hydrogen-bond donors (Lipinski definition) is 2. The molecule has 3 heterocycles. The third-order valence-corrected chi connectivity index (χ3v) is 6.30. The summed E-state index contributed by atoms with van der Waals surface area (Å²) < 4.78 is 0. The van der Waals surface area contributed by atoms with E-state index in [4.69, 9.17) is 16.6 Å². The summed E-state index contributed by atoms with van der Waals surface area (Å²) in [5, 5.41) is 0.702. The third-order valence-electron chi connectivity index (χ3n) is 6.05. The van der Waals surface area contributed by atoms with Gasteiger partial charge in [-0.15, -0.1) is 0 Å². The van der Waals surface area contributed by atoms with Gasteiger partial charge in [0.25, 0.3) is 0 Å². The van der Waals surface area contributed by atoms with Gasteiger partial charge in [0.1, 0.15) is 0 Å². The molecule has 2 fully saturated rings. The van der Waals surface area contributed by atoms with E-state index in [1.54, 1.807) is 0 Å². The molecule has 3 atom stereocenters. The maximum absolute atomic E-state index is 13.1. The summed E-state index contributed by atoms with van der Waals surface area (Å²) in [6, 6.07) is 7.92. The summed E-state index contributed by atoms with van der Waals surface area (Å²) in [5.41, 5.74) is 9.31. The molecule has 0 radical (unpaired) electrons. The summed E-state index contributed by atoms with van der Waals surface area (Å²) >= 11 is 6.09. The molecule has 2 N–H and O–H groups in total. The molecule has 160 valence electrons. The topological polar surface area (TPSA) is 73.4 Å². The van der Waals surface area contributed by atoms with Crippen LogP contribution in [0.4, 0.5) is 5.95 Å². The summed E-state index contributed by atoms with van der Waals surface area (Å²) in [7, 11) is 3.89. The van der Waals surface area contributed by atoms with Crippen molar-refractivity contribution in [3.05, 3.63) is 41.2 Å². The molecule has 2 aliphatic heterocycles. The molecule has 0 saturated carbocycles. The fourth-order valence-corrected chi connectivity index (χ4v) is 4.43. The van der Waals surface area contributed by atoms with Gasteiger partial charge >= 0.3 is 0 Å². The van der Waals surface area contributed by atoms with Crippen LogP contribution in [0.2, 0.25) is 5.02 Å². The molecule has 30 heavy (non-hydrogen) atoms. The Bertz CT molecular complexity index is 903. The number of rotatable bonds is 4. The second-order valence-corrected chi connectivity index (χ2v) is 8.85. The highest BCUT2D eigenvalue weighted by Crippen LogP contribution is 2.35. The molecule has 0 bridgehead atoms. The minimum absolute atomic E-state index is 0.0257. The summed E-state index contributed by atoms with van der Waals surface area (Å²) in [6.07, 6.45) is 3.87. The Morgan fingerprint density at radius 3 is 2.70 bits per heavy atom. The van der Waals surface area contributed by atoms with E-state index < -0.39 is 0 Å². The van der Waals surface area contributed by atoms with E-state index in [-0.39, 0.29) is 23.8 Å². The second kappa shape index (κ2) is 8.88. The van der Waals surface area contributed by atoms with E-state index in [2.05, 4.69) is 22.8 Å². The maximum Gasteiger partial charge on any atom is 0.228 e. The van der Waals surface area contributed by atoms with Crippen LogP contribution in [0, 0.1) is 5.92 Å². The Hall–Kier alpha value is -2.22. The Morgan fingerprint density at radius 2 is 2.03 bits per heavy atom. The maximum atomic E-state index is 13.1. The standard InChI is InChI=1S/C22H29ClN6O/c1-14-18(12-25-27-14)21(30)29-10-4-5-16(13-29)20-19(11-24-22(26-20)28(2)3)15-6-8-17(23)9-7-15/h6-9,11,14,16,18,25,27H,4-5,10,12-13H2,1-3H3. The first-order valence-electron chi connectivity index (χ1n) is 10.5. The van der Waals surface area contributed by atoms with Crippen LogP contribution < -0.4 is 15.8 Å². The fraction of sp³-hybridized carbons (Fsp3) is 0.500. The number of hydrogen-bond acceptors (Lipinski definition) is 6. The van der Waals surface area contributed by atoms with Crippen molar-refractivity contribution in [1.29, 1.82) is 0 Å². The first kappa shape index (κ1) is 21.0. The monoisotopic (exact) mass is 428 g/mol. The highest BCUT2D eigenvalue weighted by atomic mass is 35.5. The van der Waals surface area contributed by atoms with E-state index in [9.17, 15) is 4.79 Å². The van der Waals surface area contributed by atoms with Crippen molar-refractivity contribution in [2.75, 3.05) is 38.6 Å². The molecular formula is C22H29ClN6O. The van der Waals surface area contributed by atoms with Crippen molar-refractivity contribution in [1.82, 2.24) is 25.7 Å². The van der Waals surface area contributed by atoms with Gasteiger partial charge in [0, 0.05) is 62.5 Å². The van der Waals surface area contributed by atoms with Gasteiger partial charge in [-0.25, -0.2) is 9.97 Å². The lowest BCUT2D eigenvalue weighted by atomic mass is 9.89. The minimum Gasteiger partial charge on any atom is -0.347 e. The molecule has 0 spiro atoms. The molecule has 1 aromatic carbocycles. The van der Waals surface area contributed by atoms with E-state index in [1.165, 1.54) is 0 Å². The lowest BCUT2D eigenvalue weighted by Gasteiger charge is -2.35. The van der Waals surface area contributed by atoms with Crippen molar-refractivity contribution in [3.63, 3.8) is 0 Å². The predicted octanol–water partition coefficient (Wildman–Crippen LogP) is 2.68. The highest BCUT2D eigenvalue weighted by molar-refractivity contribution is 6.30. The average Bonchev–Trinajstić information content (AvgIpc) is 3.19. The van der Waals surface area contributed by atoms with Gasteiger partial charge in [-0.1, -0.05) is 23.7 Å². The molecular weight excluding hydrogens is 400 g/mol. The number of nitrogens with one attached hydrogen (secondary N) is 2. The van der Waals surface area contributed by atoms with E-state index >= 15 is 0 Å². The van der Waals surface area contributed by atoms with Crippen LogP contribution in [0.15, 0.2) is 30.5 Å². The number of halogens is 1. The Balaban J connectivity index is 1.64. The summed E-state index contributed by atoms with van der Waals surface area (Å²) in [5.74, 6) is 1.05. The van der Waals surface area contributed by atoms with Gasteiger partial charge in [-0.05, 0) is 37.5 Å². The zero-order valence-corrected chi connectivity index (χ0v) is 18.5. The first-order chi connectivity index (χ1) is 14.4. The van der Waals surface area contributed by atoms with Gasteiger partial charge in [0.2, 0.25) is 11.9 Å². The molecule has 7 nitrogen and oxygen atoms in total. The van der Waals surface area contributed by atoms with Crippen LogP contribution in [0.3, 0.4) is 0 Å². The van der Waals surface area contributed by atoms with Crippen LogP contribution >= 0.6 is 11.6 Å². The fourth-order valence-electron chi connectivity index (χ4n) is 4.31. The minimum atomic E-state index is -0.0257. The Labute approximate surface area is 182 Å². The largest absolute Gasteiger partial charge is 0.347 e. The zero-order valence-electron chi connectivity index (χ0n) is 17.7. The molecule has 8 heteroatoms. The number of anilines is 1. The van der Waals surface area contributed by atoms with E-state index in [0.717, 1.165) is 36.2 Å². The number of piperidine rings is 1. The predicted molar refractivity (Wildman–Crippen MR) is 119 cm³/mol. The van der Waals surface area contributed by atoms with Gasteiger partial charge in [-0.2, -0.15) is 0 Å². The quantitative estimate of drug-likeness (QED) is 0.780. The van der Waals surface area contributed by atoms with Gasteiger partial charge < -0.3 is 9.80 Å². The smallest absolute Gasteiger partial charge is 0.228 e. The number of amides is 1.